The molecule has 21 heavy (non-hydrogen) atoms. The molecule has 1 heterocycles. The Balaban J connectivity index is 1.79. The van der Waals surface area contributed by atoms with E-state index in [2.05, 4.69) is 10.4 Å². The van der Waals surface area contributed by atoms with Crippen molar-refractivity contribution in [2.45, 2.75) is 13.5 Å². The lowest BCUT2D eigenvalue weighted by Gasteiger charge is -2.06. The summed E-state index contributed by atoms with van der Waals surface area (Å²) in [7, 11) is 0. The van der Waals surface area contributed by atoms with Crippen LogP contribution in [-0.4, -0.2) is 15.8 Å². The quantitative estimate of drug-likeness (QED) is 0.784. The highest BCUT2D eigenvalue weighted by molar-refractivity contribution is 5.91. The highest BCUT2D eigenvalue weighted by atomic mass is 19.1. The maximum absolute atomic E-state index is 12.8. The van der Waals surface area contributed by atoms with Gasteiger partial charge in [-0.25, -0.2) is 9.18 Å². The zero-order valence-corrected chi connectivity index (χ0v) is 11.5. The molecular weight excluding hydrogens is 269 g/mol. The average molecular weight is 283 g/mol. The normalized spacial score (nSPS) is 10.8. The first-order chi connectivity index (χ1) is 10.1. The number of carbonyl (C=O) groups excluding carboxylic acids is 1. The number of nitrogens with one attached hydrogen (secondary N) is 1. The van der Waals surface area contributed by atoms with Crippen molar-refractivity contribution >= 4 is 16.9 Å². The Labute approximate surface area is 121 Å². The minimum absolute atomic E-state index is 0.293. The van der Waals surface area contributed by atoms with Crippen LogP contribution in [0.3, 0.4) is 0 Å². The minimum atomic E-state index is -0.302. The van der Waals surface area contributed by atoms with E-state index in [1.807, 2.05) is 31.2 Å². The molecule has 3 aromatic rings. The van der Waals surface area contributed by atoms with Gasteiger partial charge in [0.25, 0.3) is 0 Å². The smallest absolute Gasteiger partial charge is 0.332 e. The first-order valence-electron chi connectivity index (χ1n) is 6.62. The second-order valence-electron chi connectivity index (χ2n) is 4.80. The lowest BCUT2D eigenvalue weighted by Crippen LogP contribution is -2.28. The van der Waals surface area contributed by atoms with Gasteiger partial charge in [-0.05, 0) is 30.7 Å². The number of halogens is 1. The van der Waals surface area contributed by atoms with Gasteiger partial charge in [0.1, 0.15) is 5.82 Å². The van der Waals surface area contributed by atoms with Crippen molar-refractivity contribution in [3.05, 3.63) is 65.6 Å². The van der Waals surface area contributed by atoms with E-state index in [9.17, 15) is 9.18 Å². The van der Waals surface area contributed by atoms with Crippen molar-refractivity contribution in [1.82, 2.24) is 15.1 Å². The molecule has 5 heteroatoms. The van der Waals surface area contributed by atoms with Crippen LogP contribution in [0.1, 0.15) is 11.3 Å². The molecule has 0 saturated carbocycles. The maximum Gasteiger partial charge on any atom is 0.342 e. The van der Waals surface area contributed by atoms with Gasteiger partial charge >= 0.3 is 6.03 Å². The van der Waals surface area contributed by atoms with Crippen LogP contribution in [0.15, 0.2) is 48.5 Å². The number of fused-ring (bicyclic) bond motifs is 1. The van der Waals surface area contributed by atoms with Gasteiger partial charge in [0, 0.05) is 11.9 Å². The molecule has 0 atom stereocenters. The van der Waals surface area contributed by atoms with Crippen molar-refractivity contribution in [3.8, 4) is 0 Å². The van der Waals surface area contributed by atoms with Crippen LogP contribution in [0.25, 0.3) is 10.9 Å². The molecule has 106 valence electrons. The first kappa shape index (κ1) is 13.3. The fourth-order valence-electron chi connectivity index (χ4n) is 2.23. The fourth-order valence-corrected chi connectivity index (χ4v) is 2.23. The van der Waals surface area contributed by atoms with Gasteiger partial charge < -0.3 is 5.32 Å². The van der Waals surface area contributed by atoms with Gasteiger partial charge in [0.05, 0.1) is 11.2 Å². The molecule has 0 radical (unpaired) electrons. The molecule has 0 unspecified atom stereocenters. The predicted octanol–water partition coefficient (Wildman–Crippen LogP) is 3.24. The van der Waals surface area contributed by atoms with Gasteiger partial charge in [0.15, 0.2) is 0 Å². The number of rotatable bonds is 2. The third-order valence-corrected chi connectivity index (χ3v) is 3.32. The van der Waals surface area contributed by atoms with Gasteiger partial charge in [-0.1, -0.05) is 30.3 Å². The van der Waals surface area contributed by atoms with E-state index in [0.29, 0.717) is 6.54 Å². The van der Waals surface area contributed by atoms with Crippen LogP contribution in [0.5, 0.6) is 0 Å². The zero-order valence-electron chi connectivity index (χ0n) is 11.5. The van der Waals surface area contributed by atoms with E-state index >= 15 is 0 Å². The van der Waals surface area contributed by atoms with Crippen LogP contribution in [0.2, 0.25) is 0 Å². The van der Waals surface area contributed by atoms with E-state index in [1.165, 1.54) is 16.8 Å². The molecule has 0 saturated heterocycles. The van der Waals surface area contributed by atoms with Crippen molar-refractivity contribution in [2.24, 2.45) is 0 Å². The van der Waals surface area contributed by atoms with Crippen molar-refractivity contribution in [1.29, 1.82) is 0 Å². The third-order valence-electron chi connectivity index (χ3n) is 3.32. The summed E-state index contributed by atoms with van der Waals surface area (Å²) in [5.74, 6) is -0.293. The third kappa shape index (κ3) is 2.63. The summed E-state index contributed by atoms with van der Waals surface area (Å²) in [5, 5.41) is 7.99. The molecule has 0 fully saturated rings. The van der Waals surface area contributed by atoms with Crippen LogP contribution >= 0.6 is 0 Å². The van der Waals surface area contributed by atoms with Gasteiger partial charge in [0.2, 0.25) is 0 Å². The molecule has 3 rings (SSSR count). The summed E-state index contributed by atoms with van der Waals surface area (Å²) in [5.41, 5.74) is 2.41. The van der Waals surface area contributed by atoms with Crippen LogP contribution in [0.4, 0.5) is 9.18 Å². The molecule has 0 bridgehead atoms. The molecule has 0 aliphatic carbocycles. The number of hydrogen-bond acceptors (Lipinski definition) is 2. The number of aryl methyl sites for hydroxylation is 1. The van der Waals surface area contributed by atoms with Crippen LogP contribution in [-0.2, 0) is 6.54 Å². The topological polar surface area (TPSA) is 46.9 Å². The maximum atomic E-state index is 12.8. The van der Waals surface area contributed by atoms with E-state index in [1.54, 1.807) is 12.1 Å². The van der Waals surface area contributed by atoms with E-state index in [0.717, 1.165) is 22.2 Å². The van der Waals surface area contributed by atoms with Gasteiger partial charge in [-0.2, -0.15) is 9.78 Å². The standard InChI is InChI=1S/C16H14FN3O/c1-11-14-4-2-3-5-15(14)20(19-11)16(21)18-10-12-6-8-13(17)9-7-12/h2-9H,10H2,1H3,(H,18,21). The van der Waals surface area contributed by atoms with E-state index < -0.39 is 0 Å². The fraction of sp³-hybridized carbons (Fsp3) is 0.125. The SMILES string of the molecule is Cc1nn(C(=O)NCc2ccc(F)cc2)c2ccccc12. The molecule has 1 amide bonds. The number of para-hydroxylation sites is 1. The summed E-state index contributed by atoms with van der Waals surface area (Å²) in [6.45, 7) is 2.19. The predicted molar refractivity (Wildman–Crippen MR) is 78.5 cm³/mol. The molecule has 0 aliphatic rings. The van der Waals surface area contributed by atoms with Crippen molar-refractivity contribution in [3.63, 3.8) is 0 Å². The van der Waals surface area contributed by atoms with Crippen LogP contribution < -0.4 is 5.32 Å². The number of hydrogen-bond donors (Lipinski definition) is 1. The Morgan fingerprint density at radius 3 is 2.67 bits per heavy atom. The Kier molecular flexibility index (Phi) is 3.39. The highest BCUT2D eigenvalue weighted by Gasteiger charge is 2.12. The summed E-state index contributed by atoms with van der Waals surface area (Å²) in [6.07, 6.45) is 0. The molecule has 1 N–H and O–H groups in total. The number of aromatic nitrogens is 2. The average Bonchev–Trinajstić information content (AvgIpc) is 2.84. The number of nitrogens with zero attached hydrogens (tertiary/aromatic N) is 2. The number of carbonyl (C=O) groups is 1. The van der Waals surface area contributed by atoms with Crippen LogP contribution in [0, 0.1) is 12.7 Å². The van der Waals surface area contributed by atoms with E-state index in [-0.39, 0.29) is 11.8 Å². The molecule has 0 aliphatic heterocycles. The summed E-state index contributed by atoms with van der Waals surface area (Å²) in [4.78, 5) is 12.2. The molecule has 0 spiro atoms. The molecule has 1 aromatic heterocycles. The second-order valence-corrected chi connectivity index (χ2v) is 4.80. The Morgan fingerprint density at radius 2 is 1.90 bits per heavy atom. The summed E-state index contributed by atoms with van der Waals surface area (Å²) < 4.78 is 14.2. The number of benzene rings is 2. The Hall–Kier alpha value is -2.69. The first-order valence-corrected chi connectivity index (χ1v) is 6.62. The lowest BCUT2D eigenvalue weighted by molar-refractivity contribution is 0.240. The zero-order chi connectivity index (χ0) is 14.8. The summed E-state index contributed by atoms with van der Waals surface area (Å²) >= 11 is 0. The summed E-state index contributed by atoms with van der Waals surface area (Å²) in [6, 6.07) is 13.3. The molecular formula is C16H14FN3O. The Bertz CT molecular complexity index is 793. The molecule has 2 aromatic carbocycles. The molecule has 4 nitrogen and oxygen atoms in total. The minimum Gasteiger partial charge on any atom is -0.332 e. The van der Waals surface area contributed by atoms with Gasteiger partial charge in [-0.3, -0.25) is 0 Å². The Morgan fingerprint density at radius 1 is 1.19 bits per heavy atom. The van der Waals surface area contributed by atoms with E-state index in [4.69, 9.17) is 0 Å². The lowest BCUT2D eigenvalue weighted by atomic mass is 10.2. The van der Waals surface area contributed by atoms with Gasteiger partial charge in [-0.15, -0.1) is 0 Å². The van der Waals surface area contributed by atoms with Crippen molar-refractivity contribution in [2.75, 3.05) is 0 Å². The number of amides is 1. The van der Waals surface area contributed by atoms with Crippen molar-refractivity contribution < 1.29 is 9.18 Å². The largest absolute Gasteiger partial charge is 0.342 e. The highest BCUT2D eigenvalue weighted by Crippen LogP contribution is 2.17. The second kappa shape index (κ2) is 5.36. The monoisotopic (exact) mass is 283 g/mol.